The second-order valence-corrected chi connectivity index (χ2v) is 8.57. The van der Waals surface area contributed by atoms with Crippen LogP contribution in [0.15, 0.2) is 48.5 Å². The number of anilines is 1. The van der Waals surface area contributed by atoms with Crippen molar-refractivity contribution >= 4 is 33.5 Å². The number of carbonyl (C=O) groups is 2. The van der Waals surface area contributed by atoms with Crippen LogP contribution in [0.25, 0.3) is 6.08 Å². The van der Waals surface area contributed by atoms with Crippen LogP contribution in [-0.4, -0.2) is 39.6 Å². The van der Waals surface area contributed by atoms with E-state index < -0.39 is 34.2 Å². The number of carbonyl (C=O) groups excluding carboxylic acids is 2. The molecule has 0 bridgehead atoms. The zero-order chi connectivity index (χ0) is 21.0. The van der Waals surface area contributed by atoms with Gasteiger partial charge in [0, 0.05) is 23.7 Å². The molecular weight excluding hydrogens is 397 g/mol. The van der Waals surface area contributed by atoms with Gasteiger partial charge in [-0.05, 0) is 48.7 Å². The number of fused-ring (bicyclic) bond motifs is 1. The number of halogens is 1. The molecule has 3 rings (SSSR count). The summed E-state index contributed by atoms with van der Waals surface area (Å²) in [5.74, 6) is -1.63. The van der Waals surface area contributed by atoms with Crippen LogP contribution in [0, 0.1) is 5.82 Å². The summed E-state index contributed by atoms with van der Waals surface area (Å²) in [5, 5.41) is 0. The van der Waals surface area contributed by atoms with E-state index in [2.05, 4.69) is 0 Å². The van der Waals surface area contributed by atoms with Crippen molar-refractivity contribution in [3.63, 3.8) is 0 Å². The maximum atomic E-state index is 13.5. The zero-order valence-corrected chi connectivity index (χ0v) is 16.6. The topological polar surface area (TPSA) is 80.8 Å². The van der Waals surface area contributed by atoms with Gasteiger partial charge in [-0.2, -0.15) is 0 Å². The Hall–Kier alpha value is -3.00. The molecule has 0 N–H and O–H groups in total. The van der Waals surface area contributed by atoms with Crippen molar-refractivity contribution in [2.75, 3.05) is 23.7 Å². The van der Waals surface area contributed by atoms with E-state index in [9.17, 15) is 22.4 Å². The van der Waals surface area contributed by atoms with Gasteiger partial charge in [0.05, 0.1) is 11.9 Å². The Bertz CT molecular complexity index is 1080. The summed E-state index contributed by atoms with van der Waals surface area (Å²) in [6.45, 7) is -0.0555. The summed E-state index contributed by atoms with van der Waals surface area (Å²) in [5.41, 5.74) is 1.91. The van der Waals surface area contributed by atoms with E-state index in [1.807, 2.05) is 0 Å². The lowest BCUT2D eigenvalue weighted by atomic mass is 9.99. The Labute approximate surface area is 168 Å². The Balaban J connectivity index is 1.64. The van der Waals surface area contributed by atoms with Gasteiger partial charge in [-0.3, -0.25) is 9.10 Å². The van der Waals surface area contributed by atoms with Crippen molar-refractivity contribution in [2.45, 2.75) is 12.8 Å². The maximum Gasteiger partial charge on any atom is 0.331 e. The number of nitrogens with zero attached hydrogens (tertiary/aromatic N) is 1. The predicted molar refractivity (Wildman–Crippen MR) is 108 cm³/mol. The number of benzene rings is 2. The fourth-order valence-corrected chi connectivity index (χ4v) is 4.11. The molecule has 0 saturated heterocycles. The van der Waals surface area contributed by atoms with Crippen LogP contribution in [-0.2, 0) is 26.0 Å². The molecule has 6 nitrogen and oxygen atoms in total. The minimum Gasteiger partial charge on any atom is -0.454 e. The molecule has 8 heteroatoms. The van der Waals surface area contributed by atoms with Gasteiger partial charge < -0.3 is 4.74 Å². The summed E-state index contributed by atoms with van der Waals surface area (Å²) in [7, 11) is -3.38. The van der Waals surface area contributed by atoms with Crippen LogP contribution in [0.4, 0.5) is 10.1 Å². The van der Waals surface area contributed by atoms with Crippen LogP contribution >= 0.6 is 0 Å². The third-order valence-electron chi connectivity index (χ3n) is 4.53. The maximum absolute atomic E-state index is 13.5. The SMILES string of the molecule is CS(=O)(=O)N1CCCc2cc(C(=O)COC(=O)/C=C/c3ccccc3F)ccc21. The molecule has 0 unspecified atom stereocenters. The number of rotatable bonds is 6. The largest absolute Gasteiger partial charge is 0.454 e. The molecule has 1 aliphatic heterocycles. The average Bonchev–Trinajstić information content (AvgIpc) is 2.69. The molecule has 0 amide bonds. The van der Waals surface area contributed by atoms with Gasteiger partial charge in [-0.25, -0.2) is 17.6 Å². The Morgan fingerprint density at radius 1 is 1.21 bits per heavy atom. The van der Waals surface area contributed by atoms with Gasteiger partial charge in [0.25, 0.3) is 0 Å². The molecule has 29 heavy (non-hydrogen) atoms. The van der Waals surface area contributed by atoms with Gasteiger partial charge in [0.15, 0.2) is 12.4 Å². The van der Waals surface area contributed by atoms with E-state index in [-0.39, 0.29) is 5.56 Å². The number of ether oxygens (including phenoxy) is 1. The minimum atomic E-state index is -3.38. The standard InChI is InChI=1S/C21H20FNO5S/c1-29(26,27)23-12-4-6-16-13-17(8-10-19(16)23)20(24)14-28-21(25)11-9-15-5-2-3-7-18(15)22/h2-3,5,7-11,13H,4,6,12,14H2,1H3/b11-9+. The average molecular weight is 417 g/mol. The van der Waals surface area contributed by atoms with E-state index in [4.69, 9.17) is 4.74 Å². The second-order valence-electron chi connectivity index (χ2n) is 6.67. The molecule has 0 aliphatic carbocycles. The first kappa shape index (κ1) is 20.7. The van der Waals surface area contributed by atoms with Crippen molar-refractivity contribution < 1.29 is 27.1 Å². The normalized spacial score (nSPS) is 13.9. The highest BCUT2D eigenvalue weighted by atomic mass is 32.2. The molecule has 1 aliphatic rings. The van der Waals surface area contributed by atoms with Crippen LogP contribution < -0.4 is 4.31 Å². The van der Waals surface area contributed by atoms with Crippen molar-refractivity contribution in [1.29, 1.82) is 0 Å². The van der Waals surface area contributed by atoms with Crippen LogP contribution in [0.5, 0.6) is 0 Å². The molecule has 152 valence electrons. The van der Waals surface area contributed by atoms with Gasteiger partial charge in [-0.15, -0.1) is 0 Å². The van der Waals surface area contributed by atoms with E-state index >= 15 is 0 Å². The summed E-state index contributed by atoms with van der Waals surface area (Å²) >= 11 is 0. The third kappa shape index (κ3) is 5.08. The first-order valence-corrected chi connectivity index (χ1v) is 10.8. The summed E-state index contributed by atoms with van der Waals surface area (Å²) in [6.07, 6.45) is 4.81. The summed E-state index contributed by atoms with van der Waals surface area (Å²) in [6, 6.07) is 10.7. The molecule has 0 spiro atoms. The van der Waals surface area contributed by atoms with Crippen LogP contribution in [0.3, 0.4) is 0 Å². The van der Waals surface area contributed by atoms with Crippen molar-refractivity contribution in [1.82, 2.24) is 0 Å². The van der Waals surface area contributed by atoms with Crippen molar-refractivity contribution in [2.24, 2.45) is 0 Å². The minimum absolute atomic E-state index is 0.237. The highest BCUT2D eigenvalue weighted by Gasteiger charge is 2.24. The molecule has 0 fully saturated rings. The van der Waals surface area contributed by atoms with Gasteiger partial charge >= 0.3 is 5.97 Å². The Morgan fingerprint density at radius 3 is 2.69 bits per heavy atom. The fourth-order valence-electron chi connectivity index (χ4n) is 3.12. The van der Waals surface area contributed by atoms with E-state index in [1.165, 1.54) is 34.6 Å². The fraction of sp³-hybridized carbons (Fsp3) is 0.238. The Kier molecular flexibility index (Phi) is 6.12. The van der Waals surface area contributed by atoms with Crippen LogP contribution in [0.2, 0.25) is 0 Å². The molecular formula is C21H20FNO5S. The lowest BCUT2D eigenvalue weighted by molar-refractivity contribution is -0.136. The molecule has 0 radical (unpaired) electrons. The van der Waals surface area contributed by atoms with Crippen molar-refractivity contribution in [3.05, 3.63) is 71.0 Å². The smallest absolute Gasteiger partial charge is 0.331 e. The second kappa shape index (κ2) is 8.57. The summed E-state index contributed by atoms with van der Waals surface area (Å²) in [4.78, 5) is 24.1. The van der Waals surface area contributed by atoms with Crippen molar-refractivity contribution in [3.8, 4) is 0 Å². The number of hydrogen-bond donors (Lipinski definition) is 0. The quantitative estimate of drug-likeness (QED) is 0.410. The number of hydrogen-bond acceptors (Lipinski definition) is 5. The monoisotopic (exact) mass is 417 g/mol. The molecule has 2 aromatic rings. The number of ketones is 1. The van der Waals surface area contributed by atoms with E-state index in [1.54, 1.807) is 18.2 Å². The van der Waals surface area contributed by atoms with E-state index in [0.29, 0.717) is 30.6 Å². The number of aryl methyl sites for hydroxylation is 1. The zero-order valence-electron chi connectivity index (χ0n) is 15.8. The van der Waals surface area contributed by atoms with E-state index in [0.717, 1.165) is 17.9 Å². The van der Waals surface area contributed by atoms with Gasteiger partial charge in [-0.1, -0.05) is 18.2 Å². The van der Waals surface area contributed by atoms with Crippen LogP contribution in [0.1, 0.15) is 27.9 Å². The third-order valence-corrected chi connectivity index (χ3v) is 5.71. The predicted octanol–water partition coefficient (Wildman–Crippen LogP) is 2.98. The summed E-state index contributed by atoms with van der Waals surface area (Å²) < 4.78 is 43.6. The van der Waals surface area contributed by atoms with Gasteiger partial charge in [0.1, 0.15) is 5.82 Å². The highest BCUT2D eigenvalue weighted by Crippen LogP contribution is 2.30. The molecule has 1 heterocycles. The Morgan fingerprint density at radius 2 is 1.97 bits per heavy atom. The molecule has 2 aromatic carbocycles. The molecule has 0 saturated carbocycles. The highest BCUT2D eigenvalue weighted by molar-refractivity contribution is 7.92. The lowest BCUT2D eigenvalue weighted by Gasteiger charge is -2.29. The number of sulfonamides is 1. The first-order valence-electron chi connectivity index (χ1n) is 8.99. The van der Waals surface area contributed by atoms with Gasteiger partial charge in [0.2, 0.25) is 10.0 Å². The first-order chi connectivity index (χ1) is 13.8. The number of esters is 1. The number of Topliss-reactive ketones (excluding diaryl/α,β-unsaturated/α-hetero) is 1. The molecule has 0 aromatic heterocycles. The lowest BCUT2D eigenvalue weighted by Crippen LogP contribution is -2.34. The molecule has 0 atom stereocenters.